The second-order valence-corrected chi connectivity index (χ2v) is 4.22. The number of carboxylic acids is 2. The van der Waals surface area contributed by atoms with Gasteiger partial charge in [-0.1, -0.05) is 0 Å². The lowest BCUT2D eigenvalue weighted by atomic mass is 10.1. The predicted octanol–water partition coefficient (Wildman–Crippen LogP) is 0.381. The third-order valence-corrected chi connectivity index (χ3v) is 2.86. The highest BCUT2D eigenvalue weighted by Crippen LogP contribution is 2.07. The van der Waals surface area contributed by atoms with Crippen LogP contribution in [0.15, 0.2) is 12.1 Å². The Hall–Kier alpha value is -2.31. The molecule has 19 heavy (non-hydrogen) atoms. The Morgan fingerprint density at radius 3 is 2.37 bits per heavy atom. The van der Waals surface area contributed by atoms with Crippen LogP contribution in [-0.2, 0) is 16.6 Å². The van der Waals surface area contributed by atoms with Crippen LogP contribution < -0.4 is 5.32 Å². The number of aliphatic carboxylic acids is 2. The highest BCUT2D eigenvalue weighted by atomic mass is 16.4. The minimum absolute atomic E-state index is 0.153. The van der Waals surface area contributed by atoms with Gasteiger partial charge in [-0.25, -0.2) is 4.79 Å². The summed E-state index contributed by atoms with van der Waals surface area (Å²) in [6.07, 6.45) is -0.469. The molecule has 0 aliphatic carbocycles. The van der Waals surface area contributed by atoms with Gasteiger partial charge in [0, 0.05) is 19.2 Å². The molecule has 1 heterocycles. The first-order chi connectivity index (χ1) is 8.82. The Balaban J connectivity index is 2.74. The van der Waals surface area contributed by atoms with Gasteiger partial charge < -0.3 is 20.1 Å². The number of nitrogens with zero attached hydrogens (tertiary/aromatic N) is 1. The van der Waals surface area contributed by atoms with E-state index in [-0.39, 0.29) is 12.8 Å². The molecular formula is C12H16N2O5. The summed E-state index contributed by atoms with van der Waals surface area (Å²) < 4.78 is 1.63. The maximum atomic E-state index is 11.9. The van der Waals surface area contributed by atoms with Gasteiger partial charge in [0.1, 0.15) is 11.7 Å². The van der Waals surface area contributed by atoms with Gasteiger partial charge in [-0.15, -0.1) is 0 Å². The van der Waals surface area contributed by atoms with E-state index in [0.29, 0.717) is 5.69 Å². The molecule has 0 radical (unpaired) electrons. The molecule has 3 N–H and O–H groups in total. The molecule has 0 aliphatic heterocycles. The number of nitrogens with one attached hydrogen (secondary N) is 1. The first kappa shape index (κ1) is 14.7. The zero-order valence-electron chi connectivity index (χ0n) is 10.7. The molecule has 7 nitrogen and oxygen atoms in total. The first-order valence-electron chi connectivity index (χ1n) is 5.70. The molecule has 7 heteroatoms. The third-order valence-electron chi connectivity index (χ3n) is 2.86. The molecule has 104 valence electrons. The van der Waals surface area contributed by atoms with Crippen molar-refractivity contribution in [2.45, 2.75) is 25.8 Å². The van der Waals surface area contributed by atoms with Gasteiger partial charge in [0.05, 0.1) is 0 Å². The lowest BCUT2D eigenvalue weighted by Crippen LogP contribution is -2.41. The maximum Gasteiger partial charge on any atom is 0.326 e. The summed E-state index contributed by atoms with van der Waals surface area (Å²) in [5.41, 5.74) is 1.20. The van der Waals surface area contributed by atoms with Crippen molar-refractivity contribution in [3.63, 3.8) is 0 Å². The molecule has 1 atom stereocenters. The van der Waals surface area contributed by atoms with Crippen molar-refractivity contribution in [2.75, 3.05) is 0 Å². The molecule has 0 fully saturated rings. The minimum atomic E-state index is -1.25. The smallest absolute Gasteiger partial charge is 0.326 e. The van der Waals surface area contributed by atoms with Gasteiger partial charge in [0.25, 0.3) is 5.91 Å². The summed E-state index contributed by atoms with van der Waals surface area (Å²) in [5, 5.41) is 19.8. The summed E-state index contributed by atoms with van der Waals surface area (Å²) in [7, 11) is 1.69. The average Bonchev–Trinajstić information content (AvgIpc) is 2.64. The fourth-order valence-electron chi connectivity index (χ4n) is 1.60. The second kappa shape index (κ2) is 6.03. The predicted molar refractivity (Wildman–Crippen MR) is 65.9 cm³/mol. The van der Waals surface area contributed by atoms with Crippen LogP contribution in [-0.4, -0.2) is 38.7 Å². The fraction of sp³-hybridized carbons (Fsp3) is 0.417. The van der Waals surface area contributed by atoms with E-state index in [0.717, 1.165) is 5.69 Å². The van der Waals surface area contributed by atoms with Crippen LogP contribution in [0.5, 0.6) is 0 Å². The van der Waals surface area contributed by atoms with Crippen LogP contribution in [0.2, 0.25) is 0 Å². The van der Waals surface area contributed by atoms with Crippen LogP contribution in [0, 0.1) is 6.92 Å². The van der Waals surface area contributed by atoms with E-state index in [4.69, 9.17) is 10.2 Å². The van der Waals surface area contributed by atoms with Gasteiger partial charge in [0.2, 0.25) is 0 Å². The Labute approximate surface area is 109 Å². The number of carbonyl (C=O) groups is 3. The summed E-state index contributed by atoms with van der Waals surface area (Å²) >= 11 is 0. The Morgan fingerprint density at radius 2 is 1.95 bits per heavy atom. The van der Waals surface area contributed by atoms with Crippen LogP contribution in [0.25, 0.3) is 0 Å². The van der Waals surface area contributed by atoms with Crippen molar-refractivity contribution in [3.05, 3.63) is 23.5 Å². The lowest BCUT2D eigenvalue weighted by Gasteiger charge is -2.14. The molecule has 0 saturated carbocycles. The Morgan fingerprint density at radius 1 is 1.32 bits per heavy atom. The zero-order valence-corrected chi connectivity index (χ0v) is 10.7. The van der Waals surface area contributed by atoms with Crippen molar-refractivity contribution in [2.24, 2.45) is 7.05 Å². The summed E-state index contributed by atoms with van der Waals surface area (Å²) in [5.74, 6) is -2.89. The van der Waals surface area contributed by atoms with Crippen LogP contribution in [0.4, 0.5) is 0 Å². The molecule has 0 bridgehead atoms. The number of rotatable bonds is 6. The summed E-state index contributed by atoms with van der Waals surface area (Å²) in [4.78, 5) is 33.3. The third kappa shape index (κ3) is 3.84. The molecule has 1 amide bonds. The molecule has 0 spiro atoms. The Kier molecular flexibility index (Phi) is 4.68. The first-order valence-corrected chi connectivity index (χ1v) is 5.70. The highest BCUT2D eigenvalue weighted by Gasteiger charge is 2.22. The molecular weight excluding hydrogens is 252 g/mol. The normalized spacial score (nSPS) is 11.9. The van der Waals surface area contributed by atoms with E-state index < -0.39 is 23.9 Å². The average molecular weight is 268 g/mol. The van der Waals surface area contributed by atoms with Gasteiger partial charge >= 0.3 is 11.9 Å². The molecule has 1 aromatic heterocycles. The van der Waals surface area contributed by atoms with Crippen LogP contribution in [0.1, 0.15) is 29.0 Å². The van der Waals surface area contributed by atoms with E-state index in [2.05, 4.69) is 5.32 Å². The number of hydrogen-bond donors (Lipinski definition) is 3. The monoisotopic (exact) mass is 268 g/mol. The molecule has 0 aliphatic rings. The van der Waals surface area contributed by atoms with Crippen molar-refractivity contribution >= 4 is 17.8 Å². The van der Waals surface area contributed by atoms with E-state index in [1.165, 1.54) is 0 Å². The highest BCUT2D eigenvalue weighted by molar-refractivity contribution is 5.95. The van der Waals surface area contributed by atoms with Gasteiger partial charge in [-0.2, -0.15) is 0 Å². The van der Waals surface area contributed by atoms with Crippen molar-refractivity contribution < 1.29 is 24.6 Å². The topological polar surface area (TPSA) is 109 Å². The van der Waals surface area contributed by atoms with E-state index in [1.54, 1.807) is 23.7 Å². The van der Waals surface area contributed by atoms with Gasteiger partial charge in [0.15, 0.2) is 0 Å². The van der Waals surface area contributed by atoms with Crippen molar-refractivity contribution in [1.29, 1.82) is 0 Å². The molecule has 1 rings (SSSR count). The number of amides is 1. The Bertz CT molecular complexity index is 506. The quantitative estimate of drug-likeness (QED) is 0.691. The summed E-state index contributed by atoms with van der Waals surface area (Å²) in [6, 6.07) is 2.11. The number of aryl methyl sites for hydroxylation is 1. The van der Waals surface area contributed by atoms with E-state index in [1.807, 2.05) is 6.92 Å². The van der Waals surface area contributed by atoms with Gasteiger partial charge in [-0.05, 0) is 25.5 Å². The maximum absolute atomic E-state index is 11.9. The minimum Gasteiger partial charge on any atom is -0.481 e. The number of aromatic nitrogens is 1. The second-order valence-electron chi connectivity index (χ2n) is 4.22. The standard InChI is InChI=1S/C12H16N2O5/c1-7-3-5-9(14(7)2)11(17)13-8(12(18)19)4-6-10(15)16/h3,5,8H,4,6H2,1-2H3,(H,13,17)(H,15,16)(H,18,19). The van der Waals surface area contributed by atoms with Crippen LogP contribution >= 0.6 is 0 Å². The number of carbonyl (C=O) groups excluding carboxylic acids is 1. The lowest BCUT2D eigenvalue weighted by molar-refractivity contribution is -0.140. The van der Waals surface area contributed by atoms with E-state index >= 15 is 0 Å². The largest absolute Gasteiger partial charge is 0.481 e. The molecule has 1 aromatic rings. The molecule has 0 aromatic carbocycles. The number of carboxylic acid groups (broad SMARTS) is 2. The SMILES string of the molecule is Cc1ccc(C(=O)NC(CCC(=O)O)C(=O)O)n1C. The van der Waals surface area contributed by atoms with Crippen LogP contribution in [0.3, 0.4) is 0 Å². The van der Waals surface area contributed by atoms with Crippen molar-refractivity contribution in [3.8, 4) is 0 Å². The van der Waals surface area contributed by atoms with Gasteiger partial charge in [-0.3, -0.25) is 9.59 Å². The van der Waals surface area contributed by atoms with E-state index in [9.17, 15) is 14.4 Å². The summed E-state index contributed by atoms with van der Waals surface area (Å²) in [6.45, 7) is 1.82. The molecule has 1 unspecified atom stereocenters. The molecule has 0 saturated heterocycles. The van der Waals surface area contributed by atoms with Crippen molar-refractivity contribution in [1.82, 2.24) is 9.88 Å². The fourth-order valence-corrected chi connectivity index (χ4v) is 1.60. The number of hydrogen-bond acceptors (Lipinski definition) is 3. The zero-order chi connectivity index (χ0) is 14.6.